The van der Waals surface area contributed by atoms with E-state index in [4.69, 9.17) is 16.3 Å². The van der Waals surface area contributed by atoms with Crippen LogP contribution in [0.25, 0.3) is 0 Å². The monoisotopic (exact) mass is 339 g/mol. The van der Waals surface area contributed by atoms with Crippen molar-refractivity contribution in [3.05, 3.63) is 28.8 Å². The molecule has 23 heavy (non-hydrogen) atoms. The second kappa shape index (κ2) is 8.29. The maximum Gasteiger partial charge on any atom is 0.239 e. The van der Waals surface area contributed by atoms with Crippen molar-refractivity contribution in [1.82, 2.24) is 10.6 Å². The van der Waals surface area contributed by atoms with Crippen molar-refractivity contribution in [1.29, 1.82) is 0 Å². The Labute approximate surface area is 140 Å². The highest BCUT2D eigenvalue weighted by Crippen LogP contribution is 2.22. The van der Waals surface area contributed by atoms with E-state index in [1.165, 1.54) is 0 Å². The predicted octanol–water partition coefficient (Wildman–Crippen LogP) is 1.47. The quantitative estimate of drug-likeness (QED) is 0.759. The molecule has 0 unspecified atom stereocenters. The Bertz CT molecular complexity index is 580. The number of hydrogen-bond donors (Lipinski definition) is 3. The van der Waals surface area contributed by atoms with E-state index in [0.29, 0.717) is 23.9 Å². The summed E-state index contributed by atoms with van der Waals surface area (Å²) < 4.78 is 5.43. The smallest absolute Gasteiger partial charge is 0.239 e. The zero-order chi connectivity index (χ0) is 16.8. The van der Waals surface area contributed by atoms with E-state index in [2.05, 4.69) is 16.0 Å². The molecule has 0 aliphatic carbocycles. The summed E-state index contributed by atoms with van der Waals surface area (Å²) in [6, 6.07) is 4.97. The Morgan fingerprint density at radius 1 is 1.43 bits per heavy atom. The number of halogens is 1. The Kier molecular flexibility index (Phi) is 6.38. The summed E-state index contributed by atoms with van der Waals surface area (Å²) in [5.74, 6) is -0.319. The predicted molar refractivity (Wildman–Crippen MR) is 89.7 cm³/mol. The fourth-order valence-electron chi connectivity index (χ4n) is 2.39. The summed E-state index contributed by atoms with van der Waals surface area (Å²) in [7, 11) is 0. The summed E-state index contributed by atoms with van der Waals surface area (Å²) in [5, 5.41) is 9.27. The van der Waals surface area contributed by atoms with E-state index in [1.807, 2.05) is 13.8 Å². The van der Waals surface area contributed by atoms with E-state index in [-0.39, 0.29) is 36.9 Å². The van der Waals surface area contributed by atoms with Crippen LogP contribution in [0.1, 0.15) is 18.9 Å². The summed E-state index contributed by atoms with van der Waals surface area (Å²) in [6.07, 6.45) is 0.0197. The van der Waals surface area contributed by atoms with Gasteiger partial charge in [-0.2, -0.15) is 0 Å². The first kappa shape index (κ1) is 17.7. The van der Waals surface area contributed by atoms with Gasteiger partial charge in [-0.1, -0.05) is 17.7 Å². The average molecular weight is 340 g/mol. The molecule has 1 heterocycles. The van der Waals surface area contributed by atoms with Gasteiger partial charge < -0.3 is 20.7 Å². The van der Waals surface area contributed by atoms with Crippen molar-refractivity contribution in [3.63, 3.8) is 0 Å². The van der Waals surface area contributed by atoms with Crippen molar-refractivity contribution in [2.45, 2.75) is 32.4 Å². The van der Waals surface area contributed by atoms with E-state index in [0.717, 1.165) is 5.56 Å². The normalized spacial score (nSPS) is 20.8. The number of amides is 2. The van der Waals surface area contributed by atoms with Gasteiger partial charge in [0.05, 0.1) is 12.7 Å². The fourth-order valence-corrected chi connectivity index (χ4v) is 2.57. The SMILES string of the molecule is Cc1c(Cl)cccc1NC(=O)CCNC(=O)[C@H]1NCCO[C@@H]1C. The molecule has 6 nitrogen and oxygen atoms in total. The number of carbonyl (C=O) groups is 2. The topological polar surface area (TPSA) is 79.5 Å². The molecule has 3 N–H and O–H groups in total. The fraction of sp³-hybridized carbons (Fsp3) is 0.500. The number of hydrogen-bond acceptors (Lipinski definition) is 4. The van der Waals surface area contributed by atoms with Gasteiger partial charge in [-0.3, -0.25) is 9.59 Å². The number of ether oxygens (including phenoxy) is 1. The molecule has 1 aliphatic heterocycles. The first-order valence-corrected chi connectivity index (χ1v) is 8.04. The van der Waals surface area contributed by atoms with Crippen molar-refractivity contribution in [3.8, 4) is 0 Å². The van der Waals surface area contributed by atoms with Crippen molar-refractivity contribution in [2.24, 2.45) is 0 Å². The first-order valence-electron chi connectivity index (χ1n) is 7.66. The third-order valence-corrected chi connectivity index (χ3v) is 4.20. The Morgan fingerprint density at radius 3 is 2.96 bits per heavy atom. The Balaban J connectivity index is 1.76. The zero-order valence-corrected chi connectivity index (χ0v) is 14.1. The summed E-state index contributed by atoms with van der Waals surface area (Å²) in [6.45, 7) is 5.22. The highest BCUT2D eigenvalue weighted by molar-refractivity contribution is 6.31. The van der Waals surface area contributed by atoms with Crippen LogP contribution in [0.15, 0.2) is 18.2 Å². The lowest BCUT2D eigenvalue weighted by Gasteiger charge is -2.29. The van der Waals surface area contributed by atoms with Crippen LogP contribution in [0.5, 0.6) is 0 Å². The molecule has 1 aliphatic rings. The lowest BCUT2D eigenvalue weighted by molar-refractivity contribution is -0.128. The molecule has 2 amide bonds. The van der Waals surface area contributed by atoms with Gasteiger partial charge in [-0.15, -0.1) is 0 Å². The number of morpholine rings is 1. The minimum Gasteiger partial charge on any atom is -0.375 e. The molecule has 2 atom stereocenters. The van der Waals surface area contributed by atoms with Crippen molar-refractivity contribution < 1.29 is 14.3 Å². The zero-order valence-electron chi connectivity index (χ0n) is 13.3. The van der Waals surface area contributed by atoms with Crippen LogP contribution >= 0.6 is 11.6 Å². The number of nitrogens with one attached hydrogen (secondary N) is 3. The third-order valence-electron chi connectivity index (χ3n) is 3.79. The van der Waals surface area contributed by atoms with Crippen LogP contribution in [-0.4, -0.2) is 43.7 Å². The van der Waals surface area contributed by atoms with E-state index in [9.17, 15) is 9.59 Å². The minimum absolute atomic E-state index is 0.149. The molecule has 1 fully saturated rings. The second-order valence-corrected chi connectivity index (χ2v) is 5.92. The van der Waals surface area contributed by atoms with Crippen LogP contribution in [0, 0.1) is 6.92 Å². The maximum absolute atomic E-state index is 12.0. The van der Waals surface area contributed by atoms with E-state index in [1.54, 1.807) is 18.2 Å². The van der Waals surface area contributed by atoms with Crippen LogP contribution < -0.4 is 16.0 Å². The number of benzene rings is 1. The molecule has 1 saturated heterocycles. The van der Waals surface area contributed by atoms with Crippen LogP contribution in [-0.2, 0) is 14.3 Å². The van der Waals surface area contributed by atoms with Gasteiger partial charge in [-0.25, -0.2) is 0 Å². The number of rotatable bonds is 5. The molecule has 2 rings (SSSR count). The molecule has 0 saturated carbocycles. The molecule has 0 bridgehead atoms. The van der Waals surface area contributed by atoms with Gasteiger partial charge >= 0.3 is 0 Å². The largest absolute Gasteiger partial charge is 0.375 e. The number of carbonyl (C=O) groups excluding carboxylic acids is 2. The van der Waals surface area contributed by atoms with Crippen molar-refractivity contribution in [2.75, 3.05) is 25.0 Å². The number of anilines is 1. The van der Waals surface area contributed by atoms with Crippen LogP contribution in [0.3, 0.4) is 0 Å². The Morgan fingerprint density at radius 2 is 2.22 bits per heavy atom. The minimum atomic E-state index is -0.373. The second-order valence-electron chi connectivity index (χ2n) is 5.51. The molecule has 0 spiro atoms. The molecule has 1 aromatic rings. The van der Waals surface area contributed by atoms with Gasteiger partial charge in [0.15, 0.2) is 0 Å². The van der Waals surface area contributed by atoms with Gasteiger partial charge in [-0.05, 0) is 31.5 Å². The summed E-state index contributed by atoms with van der Waals surface area (Å²) >= 11 is 6.02. The standard InChI is InChI=1S/C16H22ClN3O3/c1-10-12(17)4-3-5-13(10)20-14(21)6-7-19-16(22)15-11(2)23-9-8-18-15/h3-5,11,15,18H,6-9H2,1-2H3,(H,19,22)(H,20,21)/t11-,15+/m1/s1. The maximum atomic E-state index is 12.0. The molecular weight excluding hydrogens is 318 g/mol. The Hall–Kier alpha value is -1.63. The van der Waals surface area contributed by atoms with Crippen LogP contribution in [0.4, 0.5) is 5.69 Å². The molecule has 7 heteroatoms. The average Bonchev–Trinajstić information content (AvgIpc) is 2.52. The molecule has 0 radical (unpaired) electrons. The van der Waals surface area contributed by atoms with E-state index >= 15 is 0 Å². The lowest BCUT2D eigenvalue weighted by Crippen LogP contribution is -2.55. The van der Waals surface area contributed by atoms with Crippen LogP contribution in [0.2, 0.25) is 5.02 Å². The molecular formula is C16H22ClN3O3. The lowest BCUT2D eigenvalue weighted by atomic mass is 10.1. The third kappa shape index (κ3) is 4.92. The molecule has 1 aromatic carbocycles. The summed E-state index contributed by atoms with van der Waals surface area (Å²) in [5.41, 5.74) is 1.51. The highest BCUT2D eigenvalue weighted by atomic mass is 35.5. The summed E-state index contributed by atoms with van der Waals surface area (Å²) in [4.78, 5) is 24.0. The van der Waals surface area contributed by atoms with Gasteiger partial charge in [0.2, 0.25) is 11.8 Å². The molecule has 0 aromatic heterocycles. The van der Waals surface area contributed by atoms with Crippen molar-refractivity contribution >= 4 is 29.1 Å². The van der Waals surface area contributed by atoms with Gasteiger partial charge in [0.25, 0.3) is 0 Å². The highest BCUT2D eigenvalue weighted by Gasteiger charge is 2.27. The van der Waals surface area contributed by atoms with Gasteiger partial charge in [0.1, 0.15) is 6.04 Å². The van der Waals surface area contributed by atoms with Gasteiger partial charge in [0, 0.05) is 30.2 Å². The first-order chi connectivity index (χ1) is 11.0. The molecule has 126 valence electrons. The van der Waals surface area contributed by atoms with E-state index < -0.39 is 0 Å².